The van der Waals surface area contributed by atoms with E-state index >= 15 is 0 Å². The van der Waals surface area contributed by atoms with E-state index in [1.165, 1.54) is 0 Å². The van der Waals surface area contributed by atoms with Crippen LogP contribution in [0.25, 0.3) is 11.3 Å². The summed E-state index contributed by atoms with van der Waals surface area (Å²) in [6, 6.07) is 7.87. The molecule has 1 aromatic heterocycles. The molecule has 2 rings (SSSR count). The number of hydrogen-bond acceptors (Lipinski definition) is 3. The van der Waals surface area contributed by atoms with Gasteiger partial charge >= 0.3 is 0 Å². The molecule has 1 heterocycles. The summed E-state index contributed by atoms with van der Waals surface area (Å²) < 4.78 is 7.08. The minimum Gasteiger partial charge on any atom is -0.497 e. The molecule has 84 valence electrons. The molecule has 16 heavy (non-hydrogen) atoms. The first-order valence-electron chi connectivity index (χ1n) is 5.06. The smallest absolute Gasteiger partial charge is 0.200 e. The van der Waals surface area contributed by atoms with Gasteiger partial charge in [0.15, 0.2) is 0 Å². The number of methoxy groups -OCH3 is 1. The molecule has 1 aromatic carbocycles. The van der Waals surface area contributed by atoms with Crippen molar-refractivity contribution >= 4 is 5.95 Å². The van der Waals surface area contributed by atoms with E-state index in [2.05, 4.69) is 4.98 Å². The lowest BCUT2D eigenvalue weighted by atomic mass is 10.1. The van der Waals surface area contributed by atoms with Gasteiger partial charge in [-0.25, -0.2) is 4.98 Å². The lowest BCUT2D eigenvalue weighted by Gasteiger charge is -2.06. The Balaban J connectivity index is 2.58. The topological polar surface area (TPSA) is 53.1 Å². The van der Waals surface area contributed by atoms with Crippen LogP contribution < -0.4 is 10.5 Å². The Morgan fingerprint density at radius 2 is 2.12 bits per heavy atom. The maximum absolute atomic E-state index is 5.77. The maximum Gasteiger partial charge on any atom is 0.200 e. The molecular weight excluding hydrogens is 202 g/mol. The number of ether oxygens (including phenoxy) is 1. The van der Waals surface area contributed by atoms with Crippen molar-refractivity contribution in [2.45, 2.75) is 6.92 Å². The second-order valence-corrected chi connectivity index (χ2v) is 3.69. The number of imidazole rings is 1. The van der Waals surface area contributed by atoms with E-state index in [0.29, 0.717) is 5.95 Å². The van der Waals surface area contributed by atoms with Gasteiger partial charge in [0, 0.05) is 12.6 Å². The fraction of sp³-hybridized carbons (Fsp3) is 0.250. The summed E-state index contributed by atoms with van der Waals surface area (Å²) in [5.74, 6) is 1.35. The Morgan fingerprint density at radius 3 is 2.69 bits per heavy atom. The summed E-state index contributed by atoms with van der Waals surface area (Å²) in [5.41, 5.74) is 8.78. The standard InChI is InChI=1S/C12H15N3O/c1-8-11(15(2)12(13)14-8)9-5-4-6-10(7-9)16-3/h4-7H,1-3H3,(H2,13,14). The van der Waals surface area contributed by atoms with Crippen molar-refractivity contribution in [1.29, 1.82) is 0 Å². The molecule has 0 spiro atoms. The van der Waals surface area contributed by atoms with Crippen LogP contribution in [0.15, 0.2) is 24.3 Å². The normalized spacial score (nSPS) is 10.4. The van der Waals surface area contributed by atoms with Gasteiger partial charge in [-0.15, -0.1) is 0 Å². The Labute approximate surface area is 94.7 Å². The Hall–Kier alpha value is -1.97. The molecule has 0 unspecified atom stereocenters. The van der Waals surface area contributed by atoms with Gasteiger partial charge < -0.3 is 15.0 Å². The molecule has 4 heteroatoms. The molecule has 0 saturated heterocycles. The molecule has 0 bridgehead atoms. The molecule has 0 radical (unpaired) electrons. The Morgan fingerprint density at radius 1 is 1.38 bits per heavy atom. The van der Waals surface area contributed by atoms with Gasteiger partial charge in [-0.05, 0) is 19.1 Å². The zero-order valence-corrected chi connectivity index (χ0v) is 9.69. The minimum absolute atomic E-state index is 0.523. The Bertz CT molecular complexity index is 517. The Kier molecular flexibility index (Phi) is 2.56. The summed E-state index contributed by atoms with van der Waals surface area (Å²) in [4.78, 5) is 4.24. The molecule has 0 aliphatic carbocycles. The van der Waals surface area contributed by atoms with E-state index in [0.717, 1.165) is 22.7 Å². The highest BCUT2D eigenvalue weighted by Gasteiger charge is 2.11. The molecule has 0 aliphatic heterocycles. The highest BCUT2D eigenvalue weighted by atomic mass is 16.5. The third-order valence-electron chi connectivity index (χ3n) is 2.65. The van der Waals surface area contributed by atoms with Crippen molar-refractivity contribution < 1.29 is 4.74 Å². The lowest BCUT2D eigenvalue weighted by molar-refractivity contribution is 0.415. The van der Waals surface area contributed by atoms with Crippen molar-refractivity contribution in [3.05, 3.63) is 30.0 Å². The third kappa shape index (κ3) is 1.62. The number of nitrogens with zero attached hydrogens (tertiary/aromatic N) is 2. The summed E-state index contributed by atoms with van der Waals surface area (Å²) in [6.45, 7) is 1.95. The predicted octanol–water partition coefficient (Wildman–Crippen LogP) is 1.99. The number of hydrogen-bond donors (Lipinski definition) is 1. The number of nitrogens with two attached hydrogens (primary N) is 1. The van der Waals surface area contributed by atoms with E-state index in [-0.39, 0.29) is 0 Å². The molecule has 0 atom stereocenters. The number of nitrogen functional groups attached to an aromatic ring is 1. The van der Waals surface area contributed by atoms with Crippen molar-refractivity contribution in [1.82, 2.24) is 9.55 Å². The SMILES string of the molecule is COc1cccc(-c2c(C)nc(N)n2C)c1. The second-order valence-electron chi connectivity index (χ2n) is 3.69. The zero-order valence-electron chi connectivity index (χ0n) is 9.69. The molecule has 0 fully saturated rings. The van der Waals surface area contributed by atoms with Crippen molar-refractivity contribution in [3.63, 3.8) is 0 Å². The predicted molar refractivity (Wildman–Crippen MR) is 64.3 cm³/mol. The monoisotopic (exact) mass is 217 g/mol. The van der Waals surface area contributed by atoms with Crippen molar-refractivity contribution in [2.75, 3.05) is 12.8 Å². The number of anilines is 1. The van der Waals surface area contributed by atoms with E-state index in [1.54, 1.807) is 7.11 Å². The van der Waals surface area contributed by atoms with Crippen LogP contribution in [0.4, 0.5) is 5.95 Å². The van der Waals surface area contributed by atoms with Crippen LogP contribution in [0, 0.1) is 6.92 Å². The second kappa shape index (κ2) is 3.89. The highest BCUT2D eigenvalue weighted by molar-refractivity contribution is 5.66. The van der Waals surface area contributed by atoms with Gasteiger partial charge in [-0.1, -0.05) is 12.1 Å². The van der Waals surface area contributed by atoms with E-state index < -0.39 is 0 Å². The molecule has 0 saturated carbocycles. The largest absolute Gasteiger partial charge is 0.497 e. The van der Waals surface area contributed by atoms with Gasteiger partial charge in [0.2, 0.25) is 5.95 Å². The summed E-state index contributed by atoms with van der Waals surface area (Å²) in [5, 5.41) is 0. The molecule has 2 N–H and O–H groups in total. The van der Waals surface area contributed by atoms with Crippen LogP contribution in [-0.4, -0.2) is 16.7 Å². The van der Waals surface area contributed by atoms with Gasteiger partial charge in [-0.3, -0.25) is 0 Å². The van der Waals surface area contributed by atoms with Crippen molar-refractivity contribution in [2.24, 2.45) is 7.05 Å². The molecule has 0 aliphatic rings. The number of rotatable bonds is 2. The average Bonchev–Trinajstić information content (AvgIpc) is 2.53. The number of aromatic nitrogens is 2. The fourth-order valence-corrected chi connectivity index (χ4v) is 1.83. The first-order valence-corrected chi connectivity index (χ1v) is 5.06. The van der Waals surface area contributed by atoms with Crippen LogP contribution in [0.5, 0.6) is 5.75 Å². The third-order valence-corrected chi connectivity index (χ3v) is 2.65. The van der Waals surface area contributed by atoms with Crippen LogP contribution in [0.2, 0.25) is 0 Å². The minimum atomic E-state index is 0.523. The number of aryl methyl sites for hydroxylation is 1. The maximum atomic E-state index is 5.77. The van der Waals surface area contributed by atoms with Crippen molar-refractivity contribution in [3.8, 4) is 17.0 Å². The number of benzene rings is 1. The molecule has 4 nitrogen and oxygen atoms in total. The zero-order chi connectivity index (χ0) is 11.7. The molecule has 2 aromatic rings. The van der Waals surface area contributed by atoms with Gasteiger partial charge in [-0.2, -0.15) is 0 Å². The summed E-state index contributed by atoms with van der Waals surface area (Å²) in [7, 11) is 3.56. The fourth-order valence-electron chi connectivity index (χ4n) is 1.83. The van der Waals surface area contributed by atoms with Gasteiger partial charge in [0.1, 0.15) is 5.75 Å². The van der Waals surface area contributed by atoms with E-state index in [9.17, 15) is 0 Å². The first kappa shape index (κ1) is 10.5. The first-order chi connectivity index (χ1) is 7.63. The van der Waals surface area contributed by atoms with Crippen LogP contribution in [0.3, 0.4) is 0 Å². The van der Waals surface area contributed by atoms with Crippen LogP contribution in [-0.2, 0) is 7.05 Å². The molecule has 0 amide bonds. The molecular formula is C12H15N3O. The summed E-state index contributed by atoms with van der Waals surface area (Å²) >= 11 is 0. The van der Waals surface area contributed by atoms with Gasteiger partial charge in [0.25, 0.3) is 0 Å². The van der Waals surface area contributed by atoms with E-state index in [1.807, 2.05) is 42.8 Å². The quantitative estimate of drug-likeness (QED) is 0.836. The van der Waals surface area contributed by atoms with Crippen LogP contribution in [0.1, 0.15) is 5.69 Å². The highest BCUT2D eigenvalue weighted by Crippen LogP contribution is 2.27. The van der Waals surface area contributed by atoms with Crippen LogP contribution >= 0.6 is 0 Å². The lowest BCUT2D eigenvalue weighted by Crippen LogP contribution is -1.98. The summed E-state index contributed by atoms with van der Waals surface area (Å²) in [6.07, 6.45) is 0. The average molecular weight is 217 g/mol. The van der Waals surface area contributed by atoms with Gasteiger partial charge in [0.05, 0.1) is 18.5 Å². The van der Waals surface area contributed by atoms with E-state index in [4.69, 9.17) is 10.5 Å².